The molecule has 54 heavy (non-hydrogen) atoms. The molecule has 4 aromatic rings. The van der Waals surface area contributed by atoms with Gasteiger partial charge in [-0.05, 0) is 90.9 Å². The van der Waals surface area contributed by atoms with E-state index in [1.165, 1.54) is 18.1 Å². The second kappa shape index (κ2) is 13.6. The van der Waals surface area contributed by atoms with Crippen LogP contribution in [0.5, 0.6) is 11.5 Å². The number of nitrogens with one attached hydrogen (secondary N) is 1. The Morgan fingerprint density at radius 1 is 0.907 bits per heavy atom. The minimum atomic E-state index is -1.61. The summed E-state index contributed by atoms with van der Waals surface area (Å²) in [5.41, 5.74) is 4.30. The largest absolute Gasteiger partial charge is 0.507 e. The molecule has 6 atom stereocenters. The number of halogens is 3. The molecule has 12 heteroatoms. The zero-order valence-corrected chi connectivity index (χ0v) is 31.2. The number of hydrogen-bond donors (Lipinski definition) is 2. The molecule has 0 unspecified atom stereocenters. The summed E-state index contributed by atoms with van der Waals surface area (Å²) in [7, 11) is 1.54. The van der Waals surface area contributed by atoms with E-state index in [-0.39, 0.29) is 41.1 Å². The van der Waals surface area contributed by atoms with Crippen molar-refractivity contribution < 1.29 is 29.0 Å². The molecule has 2 aliphatic carbocycles. The van der Waals surface area contributed by atoms with Gasteiger partial charge in [-0.2, -0.15) is 5.01 Å². The molecular formula is C42H34Cl3N3O6. The highest BCUT2D eigenvalue weighted by molar-refractivity contribution is 6.36. The molecule has 0 radical (unpaired) electrons. The third-order valence-corrected chi connectivity index (χ3v) is 12.3. The Morgan fingerprint density at radius 2 is 1.63 bits per heavy atom. The normalized spacial score (nSPS) is 25.9. The van der Waals surface area contributed by atoms with E-state index in [4.69, 9.17) is 39.5 Å². The van der Waals surface area contributed by atoms with Crippen molar-refractivity contribution in [3.8, 4) is 11.5 Å². The van der Waals surface area contributed by atoms with Crippen LogP contribution in [0.2, 0.25) is 15.1 Å². The molecule has 8 rings (SSSR count). The smallest absolute Gasteiger partial charge is 0.260 e. The third-order valence-electron chi connectivity index (χ3n) is 11.5. The Morgan fingerprint density at radius 3 is 2.31 bits per heavy atom. The molecule has 4 aromatic carbocycles. The van der Waals surface area contributed by atoms with Crippen LogP contribution >= 0.6 is 34.8 Å². The highest BCUT2D eigenvalue weighted by atomic mass is 35.5. The Balaban J connectivity index is 1.35. The average molecular weight is 783 g/mol. The number of hydrogen-bond acceptors (Lipinski definition) is 7. The highest BCUT2D eigenvalue weighted by Crippen LogP contribution is 2.65. The van der Waals surface area contributed by atoms with E-state index in [2.05, 4.69) is 12.0 Å². The lowest BCUT2D eigenvalue weighted by atomic mass is 9.49. The summed E-state index contributed by atoms with van der Waals surface area (Å²) in [6.07, 6.45) is 4.26. The number of carbonyl (C=O) groups excluding carboxylic acids is 4. The number of benzene rings is 4. The summed E-state index contributed by atoms with van der Waals surface area (Å²) < 4.78 is 5.48. The monoisotopic (exact) mass is 781 g/mol. The van der Waals surface area contributed by atoms with Gasteiger partial charge >= 0.3 is 0 Å². The molecule has 274 valence electrons. The summed E-state index contributed by atoms with van der Waals surface area (Å²) in [6, 6.07) is 23.5. The van der Waals surface area contributed by atoms with Gasteiger partial charge in [-0.3, -0.25) is 29.5 Å². The number of amides is 4. The molecule has 4 amide bonds. The lowest BCUT2D eigenvalue weighted by molar-refractivity contribution is -0.138. The second-order valence-corrected chi connectivity index (χ2v) is 15.3. The summed E-state index contributed by atoms with van der Waals surface area (Å²) in [6.45, 7) is 3.86. The third kappa shape index (κ3) is 5.35. The van der Waals surface area contributed by atoms with Gasteiger partial charge < -0.3 is 9.84 Å². The minimum Gasteiger partial charge on any atom is -0.507 e. The number of methoxy groups -OCH3 is 1. The van der Waals surface area contributed by atoms with E-state index in [0.29, 0.717) is 50.2 Å². The molecule has 2 saturated heterocycles. The Hall–Kier alpha value is -5.09. The van der Waals surface area contributed by atoms with Crippen molar-refractivity contribution in [2.75, 3.05) is 17.4 Å². The fourth-order valence-corrected chi connectivity index (χ4v) is 9.77. The van der Waals surface area contributed by atoms with Crippen LogP contribution < -0.4 is 15.1 Å². The van der Waals surface area contributed by atoms with Gasteiger partial charge in [0.2, 0.25) is 11.8 Å². The van der Waals surface area contributed by atoms with Crippen molar-refractivity contribution in [2.24, 2.45) is 23.7 Å². The van der Waals surface area contributed by atoms with Gasteiger partial charge in [0, 0.05) is 21.5 Å². The number of allylic oxidation sites excluding steroid dienone is 3. The number of aromatic hydroxyl groups is 1. The van der Waals surface area contributed by atoms with Crippen LogP contribution in [0.4, 0.5) is 11.4 Å². The Bertz CT molecular complexity index is 2280. The standard InChI is InChI=1S/C42H34Cl3N3O6/c1-3-5-22-6-4-7-30(37(22)49)36-28-17-18-29-35(40(52)47(38(29)50)26-13-10-24(43)11-14-26)31(28)21-32-39(51)48(46-34-19-12-25(44)20-33(34)45)41(53)42(32,36)23-8-15-27(54-2)16-9-23/h3-4,6-17,19-20,29,31-32,35-36,46,49H,1,5,18,21H2,2H3/t29-,31+,32-,35-,36+,42+/m0/s1. The van der Waals surface area contributed by atoms with Gasteiger partial charge in [0.05, 0.1) is 46.7 Å². The number of phenols is 1. The number of fused-ring (bicyclic) bond motifs is 4. The number of rotatable bonds is 8. The lowest BCUT2D eigenvalue weighted by Gasteiger charge is -2.50. The van der Waals surface area contributed by atoms with E-state index < -0.39 is 46.8 Å². The van der Waals surface area contributed by atoms with Crippen molar-refractivity contribution in [2.45, 2.75) is 30.6 Å². The predicted octanol–water partition coefficient (Wildman–Crippen LogP) is 8.28. The summed E-state index contributed by atoms with van der Waals surface area (Å²) >= 11 is 18.9. The first kappa shape index (κ1) is 35.9. The summed E-state index contributed by atoms with van der Waals surface area (Å²) in [5.74, 6) is -5.44. The van der Waals surface area contributed by atoms with Crippen LogP contribution in [0, 0.1) is 23.7 Å². The molecule has 2 heterocycles. The van der Waals surface area contributed by atoms with Crippen molar-refractivity contribution in [1.82, 2.24) is 5.01 Å². The molecule has 3 fully saturated rings. The number of hydrazine groups is 1. The van der Waals surface area contributed by atoms with Crippen LogP contribution in [0.25, 0.3) is 0 Å². The van der Waals surface area contributed by atoms with Crippen molar-refractivity contribution in [3.05, 3.63) is 141 Å². The molecule has 0 bridgehead atoms. The van der Waals surface area contributed by atoms with E-state index >= 15 is 4.79 Å². The van der Waals surface area contributed by atoms with Gasteiger partial charge in [-0.15, -0.1) is 6.58 Å². The van der Waals surface area contributed by atoms with Crippen LogP contribution in [-0.2, 0) is 31.0 Å². The topological polar surface area (TPSA) is 116 Å². The predicted molar refractivity (Wildman–Crippen MR) is 207 cm³/mol. The number of imide groups is 2. The summed E-state index contributed by atoms with van der Waals surface area (Å²) in [4.78, 5) is 60.3. The average Bonchev–Trinajstić information content (AvgIpc) is 3.55. The molecule has 2 aliphatic heterocycles. The van der Waals surface area contributed by atoms with Crippen molar-refractivity contribution in [3.63, 3.8) is 0 Å². The summed E-state index contributed by atoms with van der Waals surface area (Å²) in [5, 5.41) is 14.1. The number of nitrogens with zero attached hydrogens (tertiary/aromatic N) is 2. The van der Waals surface area contributed by atoms with Crippen molar-refractivity contribution in [1.29, 1.82) is 0 Å². The van der Waals surface area contributed by atoms with Crippen molar-refractivity contribution >= 4 is 69.8 Å². The van der Waals surface area contributed by atoms with Crippen LogP contribution in [0.3, 0.4) is 0 Å². The number of ether oxygens (including phenoxy) is 1. The molecular weight excluding hydrogens is 749 g/mol. The van der Waals surface area contributed by atoms with Crippen LogP contribution in [-0.4, -0.2) is 40.9 Å². The maximum Gasteiger partial charge on any atom is 0.260 e. The molecule has 9 nitrogen and oxygen atoms in total. The molecule has 2 N–H and O–H groups in total. The van der Waals surface area contributed by atoms with Gasteiger partial charge in [0.25, 0.3) is 11.8 Å². The van der Waals surface area contributed by atoms with Gasteiger partial charge in [-0.25, -0.2) is 0 Å². The SMILES string of the molecule is C=CCc1cccc([C@H]2C3=CC[C@@H]4C(=O)N(c5ccc(Cl)cc5)C(=O)[C@@H]4[C@@H]3C[C@H]3C(=O)N(Nc4ccc(Cl)cc4Cl)C(=O)[C@@]23c2ccc(OC)cc2)c1O. The quantitative estimate of drug-likeness (QED) is 0.137. The Labute approximate surface area is 326 Å². The lowest BCUT2D eigenvalue weighted by Crippen LogP contribution is -2.53. The van der Waals surface area contributed by atoms with E-state index in [0.717, 1.165) is 5.01 Å². The fraction of sp³-hybridized carbons (Fsp3) is 0.238. The molecule has 0 spiro atoms. The van der Waals surface area contributed by atoms with Gasteiger partial charge in [0.15, 0.2) is 0 Å². The van der Waals surface area contributed by atoms with E-state index in [9.17, 15) is 19.5 Å². The number of para-hydroxylation sites is 1. The molecule has 1 saturated carbocycles. The number of phenolic OH excluding ortho intramolecular Hbond substituents is 1. The van der Waals surface area contributed by atoms with E-state index in [1.807, 2.05) is 6.08 Å². The first-order valence-corrected chi connectivity index (χ1v) is 18.6. The van der Waals surface area contributed by atoms with Gasteiger partial charge in [-0.1, -0.05) is 82.9 Å². The first-order valence-electron chi connectivity index (χ1n) is 17.5. The van der Waals surface area contributed by atoms with E-state index in [1.54, 1.807) is 84.9 Å². The molecule has 0 aromatic heterocycles. The van der Waals surface area contributed by atoms with Crippen LogP contribution in [0.15, 0.2) is 109 Å². The maximum absolute atomic E-state index is 15.5. The fourth-order valence-electron chi connectivity index (χ4n) is 9.20. The number of anilines is 2. The minimum absolute atomic E-state index is 0.0401. The Kier molecular flexibility index (Phi) is 9.07. The van der Waals surface area contributed by atoms with Crippen LogP contribution in [0.1, 0.15) is 35.4 Å². The second-order valence-electron chi connectivity index (χ2n) is 14.0. The van der Waals surface area contributed by atoms with Gasteiger partial charge in [0.1, 0.15) is 11.5 Å². The highest BCUT2D eigenvalue weighted by Gasteiger charge is 2.70. The first-order chi connectivity index (χ1) is 26.0. The zero-order valence-electron chi connectivity index (χ0n) is 29.0. The maximum atomic E-state index is 15.5. The molecule has 4 aliphatic rings. The zero-order chi connectivity index (χ0) is 38.1. The number of carbonyl (C=O) groups is 4.